The van der Waals surface area contributed by atoms with Crippen molar-refractivity contribution in [2.24, 2.45) is 10.2 Å². The molecule has 1 aliphatic rings. The summed E-state index contributed by atoms with van der Waals surface area (Å²) in [6.07, 6.45) is 1.45. The SMILES string of the molecule is COc1ccc(NC(=O)[C@@H]2CC(=O)NC(=N/N=C\c3ccc(Cl)cc3Cl)S2)cc1OC. The Labute approximate surface area is 193 Å². The van der Waals surface area contributed by atoms with Gasteiger partial charge in [0.25, 0.3) is 0 Å². The minimum absolute atomic E-state index is 0.00946. The quantitative estimate of drug-likeness (QED) is 0.481. The van der Waals surface area contributed by atoms with Crippen molar-refractivity contribution < 1.29 is 19.1 Å². The number of methoxy groups -OCH3 is 2. The number of rotatable bonds is 6. The van der Waals surface area contributed by atoms with E-state index in [1.807, 2.05) is 0 Å². The van der Waals surface area contributed by atoms with Crippen molar-refractivity contribution in [2.75, 3.05) is 19.5 Å². The monoisotopic (exact) mass is 480 g/mol. The molecule has 3 rings (SSSR count). The molecule has 1 heterocycles. The average molecular weight is 481 g/mol. The topological polar surface area (TPSA) is 101 Å². The summed E-state index contributed by atoms with van der Waals surface area (Å²) in [5.41, 5.74) is 1.13. The lowest BCUT2D eigenvalue weighted by molar-refractivity contribution is -0.123. The van der Waals surface area contributed by atoms with Gasteiger partial charge in [-0.2, -0.15) is 5.10 Å². The molecule has 2 aromatic rings. The Morgan fingerprint density at radius 3 is 2.68 bits per heavy atom. The molecule has 0 radical (unpaired) electrons. The van der Waals surface area contributed by atoms with E-state index in [-0.39, 0.29) is 23.4 Å². The summed E-state index contributed by atoms with van der Waals surface area (Å²) < 4.78 is 10.4. The molecule has 8 nitrogen and oxygen atoms in total. The van der Waals surface area contributed by atoms with Crippen molar-refractivity contribution in [3.8, 4) is 11.5 Å². The third-order valence-electron chi connectivity index (χ3n) is 4.12. The molecule has 11 heteroatoms. The van der Waals surface area contributed by atoms with Crippen molar-refractivity contribution in [1.29, 1.82) is 0 Å². The van der Waals surface area contributed by atoms with Crippen LogP contribution in [0.4, 0.5) is 5.69 Å². The Hall–Kier alpha value is -2.75. The van der Waals surface area contributed by atoms with Crippen molar-refractivity contribution in [3.63, 3.8) is 0 Å². The van der Waals surface area contributed by atoms with Crippen LogP contribution >= 0.6 is 35.0 Å². The van der Waals surface area contributed by atoms with E-state index in [0.29, 0.717) is 32.8 Å². The number of benzene rings is 2. The molecule has 1 saturated heterocycles. The van der Waals surface area contributed by atoms with Crippen LogP contribution in [0.25, 0.3) is 0 Å². The lowest BCUT2D eigenvalue weighted by atomic mass is 10.2. The number of ether oxygens (including phenoxy) is 2. The minimum Gasteiger partial charge on any atom is -0.493 e. The van der Waals surface area contributed by atoms with E-state index in [9.17, 15) is 9.59 Å². The lowest BCUT2D eigenvalue weighted by Gasteiger charge is -2.21. The number of halogens is 2. The number of amidine groups is 1. The van der Waals surface area contributed by atoms with Gasteiger partial charge in [0.15, 0.2) is 16.7 Å². The van der Waals surface area contributed by atoms with Crippen LogP contribution in [0.5, 0.6) is 11.5 Å². The number of hydrogen-bond donors (Lipinski definition) is 2. The number of amides is 2. The molecule has 0 bridgehead atoms. The zero-order valence-electron chi connectivity index (χ0n) is 16.5. The van der Waals surface area contributed by atoms with Crippen LogP contribution in [0.2, 0.25) is 10.0 Å². The summed E-state index contributed by atoms with van der Waals surface area (Å²) in [5.74, 6) is 0.348. The maximum Gasteiger partial charge on any atom is 0.238 e. The maximum absolute atomic E-state index is 12.7. The summed E-state index contributed by atoms with van der Waals surface area (Å²) in [7, 11) is 3.03. The van der Waals surface area contributed by atoms with E-state index < -0.39 is 5.25 Å². The lowest BCUT2D eigenvalue weighted by Crippen LogP contribution is -2.41. The van der Waals surface area contributed by atoms with E-state index in [4.69, 9.17) is 32.7 Å². The van der Waals surface area contributed by atoms with Gasteiger partial charge in [0.1, 0.15) is 5.25 Å². The molecule has 31 heavy (non-hydrogen) atoms. The third-order valence-corrected chi connectivity index (χ3v) is 5.76. The molecule has 2 amide bonds. The third kappa shape index (κ3) is 6.13. The molecule has 0 aromatic heterocycles. The normalized spacial score (nSPS) is 17.5. The fraction of sp³-hybridized carbons (Fsp3) is 0.200. The number of nitrogens with zero attached hydrogens (tertiary/aromatic N) is 2. The second-order valence-electron chi connectivity index (χ2n) is 6.23. The number of nitrogens with one attached hydrogen (secondary N) is 2. The minimum atomic E-state index is -0.671. The average Bonchev–Trinajstić information content (AvgIpc) is 2.74. The van der Waals surface area contributed by atoms with Gasteiger partial charge in [0.2, 0.25) is 11.8 Å². The van der Waals surface area contributed by atoms with Gasteiger partial charge in [0.05, 0.1) is 25.5 Å². The van der Waals surface area contributed by atoms with Gasteiger partial charge in [-0.1, -0.05) is 41.0 Å². The highest BCUT2D eigenvalue weighted by Gasteiger charge is 2.30. The van der Waals surface area contributed by atoms with Crippen molar-refractivity contribution in [1.82, 2.24) is 5.32 Å². The van der Waals surface area contributed by atoms with Gasteiger partial charge in [-0.25, -0.2) is 0 Å². The van der Waals surface area contributed by atoms with Crippen molar-refractivity contribution >= 4 is 63.8 Å². The van der Waals surface area contributed by atoms with Gasteiger partial charge >= 0.3 is 0 Å². The summed E-state index contributed by atoms with van der Waals surface area (Å²) in [6, 6.07) is 9.96. The summed E-state index contributed by atoms with van der Waals surface area (Å²) >= 11 is 13.1. The maximum atomic E-state index is 12.7. The second-order valence-corrected chi connectivity index (χ2v) is 8.27. The number of carbonyl (C=O) groups excluding carboxylic acids is 2. The second kappa shape index (κ2) is 10.5. The fourth-order valence-electron chi connectivity index (χ4n) is 2.63. The summed E-state index contributed by atoms with van der Waals surface area (Å²) in [5, 5.41) is 13.8. The first-order valence-electron chi connectivity index (χ1n) is 8.95. The van der Waals surface area contributed by atoms with E-state index in [2.05, 4.69) is 20.8 Å². The van der Waals surface area contributed by atoms with Crippen molar-refractivity contribution in [3.05, 3.63) is 52.0 Å². The molecular formula is C20H18Cl2N4O4S. The van der Waals surface area contributed by atoms with Crippen LogP contribution in [-0.4, -0.2) is 42.7 Å². The number of anilines is 1. The zero-order valence-corrected chi connectivity index (χ0v) is 18.8. The zero-order chi connectivity index (χ0) is 22.4. The first kappa shape index (κ1) is 22.9. The Balaban J connectivity index is 1.68. The molecule has 0 saturated carbocycles. The summed E-state index contributed by atoms with van der Waals surface area (Å²) in [6.45, 7) is 0. The Morgan fingerprint density at radius 1 is 1.19 bits per heavy atom. The van der Waals surface area contributed by atoms with Gasteiger partial charge in [0, 0.05) is 28.8 Å². The molecule has 2 N–H and O–H groups in total. The van der Waals surface area contributed by atoms with Crippen LogP contribution in [0.3, 0.4) is 0 Å². The predicted octanol–water partition coefficient (Wildman–Crippen LogP) is 3.96. The highest BCUT2D eigenvalue weighted by molar-refractivity contribution is 8.15. The first-order valence-corrected chi connectivity index (χ1v) is 10.6. The van der Waals surface area contributed by atoms with E-state index >= 15 is 0 Å². The van der Waals surface area contributed by atoms with Crippen molar-refractivity contribution in [2.45, 2.75) is 11.7 Å². The Bertz CT molecular complexity index is 1060. The van der Waals surface area contributed by atoms with Gasteiger partial charge in [-0.3, -0.25) is 9.59 Å². The molecular weight excluding hydrogens is 463 g/mol. The van der Waals surface area contributed by atoms with Gasteiger partial charge < -0.3 is 20.1 Å². The molecule has 0 spiro atoms. The molecule has 2 aromatic carbocycles. The van der Waals surface area contributed by atoms with Crippen LogP contribution < -0.4 is 20.1 Å². The Morgan fingerprint density at radius 2 is 1.97 bits per heavy atom. The van der Waals surface area contributed by atoms with Gasteiger partial charge in [-0.15, -0.1) is 5.10 Å². The molecule has 1 aliphatic heterocycles. The van der Waals surface area contributed by atoms with E-state index in [0.717, 1.165) is 11.8 Å². The van der Waals surface area contributed by atoms with E-state index in [1.165, 1.54) is 20.4 Å². The molecule has 162 valence electrons. The molecule has 0 aliphatic carbocycles. The van der Waals surface area contributed by atoms with Crippen LogP contribution in [0.1, 0.15) is 12.0 Å². The largest absolute Gasteiger partial charge is 0.493 e. The molecule has 1 atom stereocenters. The number of thioether (sulfide) groups is 1. The highest BCUT2D eigenvalue weighted by atomic mass is 35.5. The number of carbonyl (C=O) groups is 2. The van der Waals surface area contributed by atoms with Crippen LogP contribution in [0, 0.1) is 0 Å². The number of hydrogen-bond acceptors (Lipinski definition) is 7. The van der Waals surface area contributed by atoms with E-state index in [1.54, 1.807) is 36.4 Å². The van der Waals surface area contributed by atoms with Crippen LogP contribution in [0.15, 0.2) is 46.6 Å². The Kier molecular flexibility index (Phi) is 7.78. The molecule has 0 unspecified atom stereocenters. The van der Waals surface area contributed by atoms with Crippen LogP contribution in [-0.2, 0) is 9.59 Å². The fourth-order valence-corrected chi connectivity index (χ4v) is 4.02. The predicted molar refractivity (Wildman–Crippen MR) is 124 cm³/mol. The smallest absolute Gasteiger partial charge is 0.238 e. The molecule has 1 fully saturated rings. The first-order chi connectivity index (χ1) is 14.9. The van der Waals surface area contributed by atoms with Gasteiger partial charge in [-0.05, 0) is 24.3 Å². The standard InChI is InChI=1S/C20H18Cl2N4O4S/c1-29-15-6-5-13(8-16(15)30-2)24-19(28)17-9-18(27)25-20(31-17)26-23-10-11-3-4-12(21)7-14(11)22/h3-8,10,17H,9H2,1-2H3,(H,24,28)(H,25,26,27)/b23-10-/t17-/m0/s1. The highest BCUT2D eigenvalue weighted by Crippen LogP contribution is 2.30. The summed E-state index contributed by atoms with van der Waals surface area (Å²) in [4.78, 5) is 24.7.